The normalized spacial score (nSPS) is 16.4. The molecule has 1 atom stereocenters. The quantitative estimate of drug-likeness (QED) is 0.604. The van der Waals surface area contributed by atoms with Gasteiger partial charge >= 0.3 is 5.97 Å². The van der Waals surface area contributed by atoms with Gasteiger partial charge in [0.05, 0.1) is 29.0 Å². The molecule has 0 bridgehead atoms. The van der Waals surface area contributed by atoms with E-state index >= 15 is 0 Å². The number of ether oxygens (including phenoxy) is 1. The number of fused-ring (bicyclic) bond motifs is 1. The number of esters is 1. The molecule has 4 rings (SSSR count). The van der Waals surface area contributed by atoms with Crippen molar-refractivity contribution in [3.63, 3.8) is 0 Å². The summed E-state index contributed by atoms with van der Waals surface area (Å²) in [5, 5.41) is 0.568. The lowest BCUT2D eigenvalue weighted by molar-refractivity contribution is -0.136. The number of hydrogen-bond donors (Lipinski definition) is 0. The summed E-state index contributed by atoms with van der Waals surface area (Å²) in [6.45, 7) is 1.74. The van der Waals surface area contributed by atoms with E-state index in [1.165, 1.54) is 23.0 Å². The Balaban J connectivity index is 1.99. The standard InChI is InChI=1S/C21H16ClN3O3S/c1-12-17(20(27)28-2)18(14-5-7-15(22)8-6-14)25-19(26)16(29-21(25)24-12)10-13-4-3-9-23-11-13/h3-11,18H,1-2H3/b16-10-/t18-/m1/s1. The van der Waals surface area contributed by atoms with Crippen molar-refractivity contribution in [2.75, 3.05) is 7.11 Å². The van der Waals surface area contributed by atoms with Gasteiger partial charge in [-0.3, -0.25) is 14.3 Å². The molecule has 146 valence electrons. The van der Waals surface area contributed by atoms with Gasteiger partial charge in [0, 0.05) is 17.4 Å². The number of methoxy groups -OCH3 is 1. The predicted molar refractivity (Wildman–Crippen MR) is 111 cm³/mol. The van der Waals surface area contributed by atoms with Crippen molar-refractivity contribution < 1.29 is 9.53 Å². The second-order valence-electron chi connectivity index (χ2n) is 6.41. The first-order valence-electron chi connectivity index (χ1n) is 8.76. The monoisotopic (exact) mass is 425 g/mol. The van der Waals surface area contributed by atoms with Gasteiger partial charge in [-0.1, -0.05) is 41.1 Å². The molecule has 1 aromatic carbocycles. The summed E-state index contributed by atoms with van der Waals surface area (Å²) in [6.07, 6.45) is 5.12. The second-order valence-corrected chi connectivity index (χ2v) is 7.86. The molecule has 0 fully saturated rings. The van der Waals surface area contributed by atoms with Crippen molar-refractivity contribution in [2.45, 2.75) is 13.0 Å². The van der Waals surface area contributed by atoms with E-state index in [1.54, 1.807) is 55.7 Å². The fourth-order valence-electron chi connectivity index (χ4n) is 3.27. The number of carbonyl (C=O) groups is 1. The highest BCUT2D eigenvalue weighted by Crippen LogP contribution is 2.31. The Morgan fingerprint density at radius 1 is 1.28 bits per heavy atom. The van der Waals surface area contributed by atoms with Gasteiger partial charge in [0.2, 0.25) is 0 Å². The zero-order chi connectivity index (χ0) is 20.5. The van der Waals surface area contributed by atoms with Gasteiger partial charge in [-0.25, -0.2) is 9.79 Å². The van der Waals surface area contributed by atoms with Crippen LogP contribution in [-0.2, 0) is 9.53 Å². The number of pyridine rings is 1. The van der Waals surface area contributed by atoms with Crippen LogP contribution < -0.4 is 14.9 Å². The summed E-state index contributed by atoms with van der Waals surface area (Å²) in [6, 6.07) is 10.1. The molecule has 3 heterocycles. The molecule has 0 saturated carbocycles. The van der Waals surface area contributed by atoms with Gasteiger partial charge in [0.15, 0.2) is 4.80 Å². The molecule has 0 unspecified atom stereocenters. The molecule has 8 heteroatoms. The van der Waals surface area contributed by atoms with E-state index < -0.39 is 12.0 Å². The van der Waals surface area contributed by atoms with E-state index in [9.17, 15) is 9.59 Å². The summed E-state index contributed by atoms with van der Waals surface area (Å²) in [4.78, 5) is 35.0. The second kappa shape index (κ2) is 7.77. The fraction of sp³-hybridized carbons (Fsp3) is 0.143. The van der Waals surface area contributed by atoms with Gasteiger partial charge in [0.25, 0.3) is 5.56 Å². The van der Waals surface area contributed by atoms with Crippen LogP contribution in [0.5, 0.6) is 0 Å². The molecule has 29 heavy (non-hydrogen) atoms. The van der Waals surface area contributed by atoms with E-state index in [0.717, 1.165) is 11.1 Å². The van der Waals surface area contributed by atoms with Gasteiger partial charge in [0.1, 0.15) is 0 Å². The third-order valence-corrected chi connectivity index (χ3v) is 5.83. The Morgan fingerprint density at radius 3 is 2.69 bits per heavy atom. The highest BCUT2D eigenvalue weighted by molar-refractivity contribution is 7.07. The Kier molecular flexibility index (Phi) is 5.17. The van der Waals surface area contributed by atoms with Gasteiger partial charge in [-0.05, 0) is 42.3 Å². The van der Waals surface area contributed by atoms with E-state index in [-0.39, 0.29) is 5.56 Å². The van der Waals surface area contributed by atoms with E-state index in [4.69, 9.17) is 16.3 Å². The van der Waals surface area contributed by atoms with Crippen molar-refractivity contribution in [2.24, 2.45) is 4.99 Å². The number of thiazole rings is 1. The topological polar surface area (TPSA) is 73.6 Å². The number of hydrogen-bond acceptors (Lipinski definition) is 6. The molecular formula is C21H16ClN3O3S. The first kappa shape index (κ1) is 19.3. The first-order valence-corrected chi connectivity index (χ1v) is 9.95. The SMILES string of the molecule is COC(=O)C1=C(C)N=c2s/c(=C\c3cccnc3)c(=O)n2[C@@H]1c1ccc(Cl)cc1. The number of halogens is 1. The fourth-order valence-corrected chi connectivity index (χ4v) is 4.44. The minimum Gasteiger partial charge on any atom is -0.466 e. The van der Waals surface area contributed by atoms with E-state index in [0.29, 0.717) is 25.6 Å². The average molecular weight is 426 g/mol. The molecule has 0 saturated heterocycles. The lowest BCUT2D eigenvalue weighted by atomic mass is 9.96. The Labute approximate surface area is 175 Å². The maximum atomic E-state index is 13.3. The van der Waals surface area contributed by atoms with Crippen LogP contribution in [0.2, 0.25) is 5.02 Å². The molecule has 3 aromatic rings. The minimum absolute atomic E-state index is 0.230. The maximum Gasteiger partial charge on any atom is 0.338 e. The number of benzene rings is 1. The van der Waals surface area contributed by atoms with Crippen LogP contribution in [0.4, 0.5) is 0 Å². The Morgan fingerprint density at radius 2 is 2.03 bits per heavy atom. The Hall–Kier alpha value is -3.03. The lowest BCUT2D eigenvalue weighted by Crippen LogP contribution is -2.39. The van der Waals surface area contributed by atoms with Crippen molar-refractivity contribution in [1.82, 2.24) is 9.55 Å². The summed E-state index contributed by atoms with van der Waals surface area (Å²) >= 11 is 7.30. The summed E-state index contributed by atoms with van der Waals surface area (Å²) in [7, 11) is 1.31. The molecule has 0 spiro atoms. The van der Waals surface area contributed by atoms with Crippen molar-refractivity contribution in [1.29, 1.82) is 0 Å². The number of allylic oxidation sites excluding steroid dienone is 1. The van der Waals surface area contributed by atoms with Crippen LogP contribution in [0.25, 0.3) is 6.08 Å². The van der Waals surface area contributed by atoms with Crippen molar-refractivity contribution >= 4 is 35.0 Å². The zero-order valence-electron chi connectivity index (χ0n) is 15.6. The maximum absolute atomic E-state index is 13.3. The summed E-state index contributed by atoms with van der Waals surface area (Å²) in [5.74, 6) is -0.521. The van der Waals surface area contributed by atoms with Gasteiger partial charge < -0.3 is 4.74 Å². The highest BCUT2D eigenvalue weighted by Gasteiger charge is 2.32. The molecule has 1 aliphatic rings. The zero-order valence-corrected chi connectivity index (χ0v) is 17.2. The number of aromatic nitrogens is 2. The summed E-state index contributed by atoms with van der Waals surface area (Å²) < 4.78 is 7.03. The third-order valence-electron chi connectivity index (χ3n) is 4.59. The highest BCUT2D eigenvalue weighted by atomic mass is 35.5. The van der Waals surface area contributed by atoms with Crippen LogP contribution in [0, 0.1) is 0 Å². The number of carbonyl (C=O) groups excluding carboxylic acids is 1. The molecule has 6 nitrogen and oxygen atoms in total. The molecule has 0 aliphatic carbocycles. The van der Waals surface area contributed by atoms with Crippen LogP contribution in [-0.4, -0.2) is 22.6 Å². The van der Waals surface area contributed by atoms with E-state index in [1.807, 2.05) is 6.07 Å². The van der Waals surface area contributed by atoms with Crippen LogP contribution in [0.1, 0.15) is 24.1 Å². The Bertz CT molecular complexity index is 1290. The van der Waals surface area contributed by atoms with Gasteiger partial charge in [-0.2, -0.15) is 0 Å². The molecule has 0 amide bonds. The molecule has 0 radical (unpaired) electrons. The minimum atomic E-state index is -0.646. The smallest absolute Gasteiger partial charge is 0.338 e. The third kappa shape index (κ3) is 3.54. The number of rotatable bonds is 3. The van der Waals surface area contributed by atoms with Crippen LogP contribution in [0.15, 0.2) is 69.8 Å². The number of nitrogens with zero attached hydrogens (tertiary/aromatic N) is 3. The molecule has 1 aliphatic heterocycles. The lowest BCUT2D eigenvalue weighted by Gasteiger charge is -2.24. The molecule has 0 N–H and O–H groups in total. The van der Waals surface area contributed by atoms with Crippen molar-refractivity contribution in [3.05, 3.63) is 95.9 Å². The van der Waals surface area contributed by atoms with E-state index in [2.05, 4.69) is 9.98 Å². The predicted octanol–water partition coefficient (Wildman–Crippen LogP) is 2.46. The molecular weight excluding hydrogens is 410 g/mol. The summed E-state index contributed by atoms with van der Waals surface area (Å²) in [5.41, 5.74) is 2.18. The van der Waals surface area contributed by atoms with Crippen LogP contribution in [0.3, 0.4) is 0 Å². The van der Waals surface area contributed by atoms with Crippen molar-refractivity contribution in [3.8, 4) is 0 Å². The largest absolute Gasteiger partial charge is 0.466 e. The molecule has 2 aromatic heterocycles. The average Bonchev–Trinajstić information content (AvgIpc) is 3.02. The first-order chi connectivity index (χ1) is 14.0. The van der Waals surface area contributed by atoms with Gasteiger partial charge in [-0.15, -0.1) is 0 Å². The van der Waals surface area contributed by atoms with Crippen LogP contribution >= 0.6 is 22.9 Å².